The van der Waals surface area contributed by atoms with Crippen molar-refractivity contribution >= 4 is 17.4 Å². The van der Waals surface area contributed by atoms with Gasteiger partial charge in [0.05, 0.1) is 17.5 Å². The first kappa shape index (κ1) is 19.0. The number of hydrogen-bond donors (Lipinski definition) is 3. The second-order valence-electron chi connectivity index (χ2n) is 7.57. The molecule has 7 nitrogen and oxygen atoms in total. The molecule has 0 unspecified atom stereocenters. The van der Waals surface area contributed by atoms with Gasteiger partial charge in [0.15, 0.2) is 11.5 Å². The largest absolute Gasteiger partial charge is 0.507 e. The highest BCUT2D eigenvalue weighted by atomic mass is 19.1. The summed E-state index contributed by atoms with van der Waals surface area (Å²) < 4.78 is 15.0. The number of hydrogen-bond acceptors (Lipinski definition) is 5. The Morgan fingerprint density at radius 1 is 1.16 bits per heavy atom. The maximum Gasteiger partial charge on any atom is 0.255 e. The van der Waals surface area contributed by atoms with Gasteiger partial charge in [-0.2, -0.15) is 0 Å². The van der Waals surface area contributed by atoms with Crippen molar-refractivity contribution in [1.29, 1.82) is 0 Å². The number of halogens is 1. The van der Waals surface area contributed by atoms with E-state index < -0.39 is 0 Å². The molecule has 4 aromatic rings. The van der Waals surface area contributed by atoms with Gasteiger partial charge in [0.25, 0.3) is 5.91 Å². The molecule has 1 amide bonds. The number of phenols is 1. The number of nitrogens with one attached hydrogen (secondary N) is 2. The van der Waals surface area contributed by atoms with E-state index in [1.165, 1.54) is 12.1 Å². The van der Waals surface area contributed by atoms with Gasteiger partial charge in [-0.25, -0.2) is 14.4 Å². The highest BCUT2D eigenvalue weighted by Crippen LogP contribution is 2.29. The molecular weight excluding hydrogens is 397 g/mol. The molecule has 0 aliphatic heterocycles. The van der Waals surface area contributed by atoms with Crippen LogP contribution in [-0.4, -0.2) is 31.4 Å². The number of amides is 1. The molecular formula is C23H20FN5O2. The van der Waals surface area contributed by atoms with Gasteiger partial charge in [0.2, 0.25) is 0 Å². The summed E-state index contributed by atoms with van der Waals surface area (Å²) in [5.74, 6) is -0.0284. The lowest BCUT2D eigenvalue weighted by atomic mass is 10.1. The van der Waals surface area contributed by atoms with Crippen LogP contribution in [0.1, 0.15) is 28.8 Å². The van der Waals surface area contributed by atoms with Crippen molar-refractivity contribution in [3.63, 3.8) is 0 Å². The molecule has 0 saturated heterocycles. The first-order valence-electron chi connectivity index (χ1n) is 10.0. The molecule has 0 radical (unpaired) electrons. The van der Waals surface area contributed by atoms with Gasteiger partial charge >= 0.3 is 0 Å². The van der Waals surface area contributed by atoms with Crippen molar-refractivity contribution in [3.8, 4) is 17.0 Å². The summed E-state index contributed by atoms with van der Waals surface area (Å²) in [6.07, 6.45) is 7.10. The van der Waals surface area contributed by atoms with Crippen LogP contribution in [0.2, 0.25) is 0 Å². The molecule has 1 saturated carbocycles. The SMILES string of the molecule is O=C(NC1CC1)c1ccc(-c2cnc3c(NCc4ccc(F)cc4)nccn23)cc1O. The van der Waals surface area contributed by atoms with E-state index in [1.807, 2.05) is 4.40 Å². The van der Waals surface area contributed by atoms with Crippen LogP contribution in [-0.2, 0) is 6.54 Å². The van der Waals surface area contributed by atoms with Gasteiger partial charge in [0.1, 0.15) is 11.6 Å². The molecule has 0 spiro atoms. The molecule has 0 atom stereocenters. The number of aromatic nitrogens is 3. The molecule has 1 aliphatic carbocycles. The van der Waals surface area contributed by atoms with E-state index in [0.29, 0.717) is 18.0 Å². The molecule has 2 aromatic heterocycles. The van der Waals surface area contributed by atoms with Gasteiger partial charge in [-0.05, 0) is 42.7 Å². The summed E-state index contributed by atoms with van der Waals surface area (Å²) >= 11 is 0. The molecule has 156 valence electrons. The normalized spacial score (nSPS) is 13.3. The summed E-state index contributed by atoms with van der Waals surface area (Å²) in [6, 6.07) is 11.5. The van der Waals surface area contributed by atoms with E-state index in [9.17, 15) is 14.3 Å². The zero-order valence-electron chi connectivity index (χ0n) is 16.5. The van der Waals surface area contributed by atoms with Crippen molar-refractivity contribution in [2.45, 2.75) is 25.4 Å². The van der Waals surface area contributed by atoms with E-state index in [2.05, 4.69) is 20.6 Å². The van der Waals surface area contributed by atoms with E-state index in [0.717, 1.165) is 29.7 Å². The molecule has 1 fully saturated rings. The number of imidazole rings is 1. The molecule has 2 aromatic carbocycles. The summed E-state index contributed by atoms with van der Waals surface area (Å²) in [7, 11) is 0. The Kier molecular flexibility index (Phi) is 4.74. The predicted molar refractivity (Wildman–Crippen MR) is 114 cm³/mol. The third kappa shape index (κ3) is 3.92. The van der Waals surface area contributed by atoms with Crippen molar-refractivity contribution in [2.24, 2.45) is 0 Å². The van der Waals surface area contributed by atoms with Crippen LogP contribution in [0.3, 0.4) is 0 Å². The Hall–Kier alpha value is -3.94. The zero-order chi connectivity index (χ0) is 21.4. The van der Waals surface area contributed by atoms with E-state index >= 15 is 0 Å². The number of rotatable bonds is 6. The number of benzene rings is 2. The highest BCUT2D eigenvalue weighted by Gasteiger charge is 2.25. The average Bonchev–Trinajstić information content (AvgIpc) is 3.47. The van der Waals surface area contributed by atoms with Gasteiger partial charge in [0, 0.05) is 30.5 Å². The summed E-state index contributed by atoms with van der Waals surface area (Å²) in [4.78, 5) is 21.1. The van der Waals surface area contributed by atoms with Crippen LogP contribution in [0, 0.1) is 5.82 Å². The average molecular weight is 417 g/mol. The monoisotopic (exact) mass is 417 g/mol. The third-order valence-electron chi connectivity index (χ3n) is 5.25. The van der Waals surface area contributed by atoms with Crippen LogP contribution < -0.4 is 10.6 Å². The van der Waals surface area contributed by atoms with Crippen molar-refractivity contribution in [3.05, 3.63) is 78.0 Å². The fourth-order valence-corrected chi connectivity index (χ4v) is 3.42. The molecule has 8 heteroatoms. The van der Waals surface area contributed by atoms with Gasteiger partial charge < -0.3 is 15.7 Å². The first-order valence-corrected chi connectivity index (χ1v) is 10.0. The quantitative estimate of drug-likeness (QED) is 0.445. The Morgan fingerprint density at radius 2 is 1.97 bits per heavy atom. The van der Waals surface area contributed by atoms with Crippen LogP contribution in [0.5, 0.6) is 5.75 Å². The number of nitrogens with zero attached hydrogens (tertiary/aromatic N) is 3. The minimum Gasteiger partial charge on any atom is -0.507 e. The number of aromatic hydroxyl groups is 1. The number of fused-ring (bicyclic) bond motifs is 1. The molecule has 0 bridgehead atoms. The fourth-order valence-electron chi connectivity index (χ4n) is 3.42. The lowest BCUT2D eigenvalue weighted by Crippen LogP contribution is -2.25. The van der Waals surface area contributed by atoms with Crippen LogP contribution >= 0.6 is 0 Å². The van der Waals surface area contributed by atoms with E-state index in [-0.39, 0.29) is 29.1 Å². The van der Waals surface area contributed by atoms with Crippen molar-refractivity contribution < 1.29 is 14.3 Å². The Morgan fingerprint density at radius 3 is 2.71 bits per heavy atom. The van der Waals surface area contributed by atoms with Gasteiger partial charge in [-0.15, -0.1) is 0 Å². The maximum absolute atomic E-state index is 13.1. The second kappa shape index (κ2) is 7.71. The second-order valence-corrected chi connectivity index (χ2v) is 7.57. The minimum absolute atomic E-state index is 0.0747. The van der Waals surface area contributed by atoms with Gasteiger partial charge in [-0.1, -0.05) is 18.2 Å². The number of carbonyl (C=O) groups is 1. The lowest BCUT2D eigenvalue weighted by Gasteiger charge is -2.09. The molecule has 5 rings (SSSR count). The highest BCUT2D eigenvalue weighted by molar-refractivity contribution is 5.97. The van der Waals surface area contributed by atoms with E-state index in [4.69, 9.17) is 0 Å². The van der Waals surface area contributed by atoms with E-state index in [1.54, 1.807) is 48.9 Å². The standard InChI is InChI=1S/C23H20FN5O2/c24-16-4-1-14(2-5-16)12-26-21-22-27-13-19(29(22)10-9-25-21)15-3-8-18(20(30)11-15)23(31)28-17-6-7-17/h1-5,8-11,13,17,30H,6-7,12H2,(H,25,26)(H,28,31). The van der Waals surface area contributed by atoms with Crippen LogP contribution in [0.25, 0.3) is 16.9 Å². The maximum atomic E-state index is 13.1. The summed E-state index contributed by atoms with van der Waals surface area (Å²) in [5.41, 5.74) is 3.28. The van der Waals surface area contributed by atoms with Crippen LogP contribution in [0.4, 0.5) is 10.2 Å². The first-order chi connectivity index (χ1) is 15.1. The topological polar surface area (TPSA) is 91.5 Å². The molecule has 31 heavy (non-hydrogen) atoms. The summed E-state index contributed by atoms with van der Waals surface area (Å²) in [5, 5.41) is 16.5. The molecule has 3 N–H and O–H groups in total. The molecule has 2 heterocycles. The Balaban J connectivity index is 1.40. The third-order valence-corrected chi connectivity index (χ3v) is 5.25. The predicted octanol–water partition coefficient (Wildman–Crippen LogP) is 3.75. The minimum atomic E-state index is -0.277. The van der Waals surface area contributed by atoms with Crippen molar-refractivity contribution in [2.75, 3.05) is 5.32 Å². The number of phenolic OH excluding ortho intramolecular Hbond substituents is 1. The van der Waals surface area contributed by atoms with Crippen molar-refractivity contribution in [1.82, 2.24) is 19.7 Å². The fraction of sp³-hybridized carbons (Fsp3) is 0.174. The number of carbonyl (C=O) groups excluding carboxylic acids is 1. The lowest BCUT2D eigenvalue weighted by molar-refractivity contribution is 0.0948. The zero-order valence-corrected chi connectivity index (χ0v) is 16.5. The summed E-state index contributed by atoms with van der Waals surface area (Å²) in [6.45, 7) is 0.473. The smallest absolute Gasteiger partial charge is 0.255 e. The Labute approximate surface area is 177 Å². The molecule has 1 aliphatic rings. The van der Waals surface area contributed by atoms with Gasteiger partial charge in [-0.3, -0.25) is 9.20 Å². The Bertz CT molecular complexity index is 1260. The number of anilines is 1. The van der Waals surface area contributed by atoms with Crippen LogP contribution in [0.15, 0.2) is 61.1 Å².